The van der Waals surface area contributed by atoms with Crippen molar-refractivity contribution in [1.82, 2.24) is 0 Å². The van der Waals surface area contributed by atoms with Gasteiger partial charge in [0.1, 0.15) is 0 Å². The second kappa shape index (κ2) is 15.9. The van der Waals surface area contributed by atoms with Gasteiger partial charge < -0.3 is 9.80 Å². The molecule has 0 aliphatic rings. The number of hydrogen-bond donors (Lipinski definition) is 0. The second-order valence-corrected chi connectivity index (χ2v) is 13.9. The standard InChI is InChI=1S/C54H40N2/c1-6-17-42(18-7-1)44-19-16-20-47(39-44)54(43-31-34-52(35-32-43)55(48-21-8-2-9-22-48)49-23-10-3-11-24-49)38-41-29-30-46-40-53(36-33-45(46)37-41)56(50-25-12-4-13-26-50)51-27-14-5-15-28-51/h1-40H/b54-38-. The second-order valence-electron chi connectivity index (χ2n) is 13.9. The van der Waals surface area contributed by atoms with Crippen LogP contribution in [0.25, 0.3) is 33.5 Å². The van der Waals surface area contributed by atoms with Gasteiger partial charge in [0.05, 0.1) is 0 Å². The van der Waals surface area contributed by atoms with E-state index in [1.807, 2.05) is 0 Å². The zero-order valence-electron chi connectivity index (χ0n) is 31.0. The summed E-state index contributed by atoms with van der Waals surface area (Å²) in [5.41, 5.74) is 13.7. The van der Waals surface area contributed by atoms with Gasteiger partial charge in [0.15, 0.2) is 0 Å². The Labute approximate surface area is 329 Å². The summed E-state index contributed by atoms with van der Waals surface area (Å²) in [6.07, 6.45) is 2.33. The Morgan fingerprint density at radius 1 is 0.286 bits per heavy atom. The molecule has 2 nitrogen and oxygen atoms in total. The van der Waals surface area contributed by atoms with Crippen molar-refractivity contribution in [2.75, 3.05) is 9.80 Å². The fourth-order valence-corrected chi connectivity index (χ4v) is 7.47. The van der Waals surface area contributed by atoms with Gasteiger partial charge >= 0.3 is 0 Å². The Morgan fingerprint density at radius 2 is 0.714 bits per heavy atom. The lowest BCUT2D eigenvalue weighted by atomic mass is 9.92. The van der Waals surface area contributed by atoms with Gasteiger partial charge in [-0.1, -0.05) is 152 Å². The predicted molar refractivity (Wildman–Crippen MR) is 239 cm³/mol. The molecule has 0 amide bonds. The molecule has 0 saturated carbocycles. The van der Waals surface area contributed by atoms with Crippen LogP contribution in [0.3, 0.4) is 0 Å². The zero-order chi connectivity index (χ0) is 37.5. The summed E-state index contributed by atoms with van der Waals surface area (Å²) in [6.45, 7) is 0. The molecule has 0 atom stereocenters. The van der Waals surface area contributed by atoms with Crippen LogP contribution in [-0.2, 0) is 0 Å². The average molecular weight is 717 g/mol. The van der Waals surface area contributed by atoms with Gasteiger partial charge in [0.2, 0.25) is 0 Å². The topological polar surface area (TPSA) is 6.48 Å². The first-order chi connectivity index (χ1) is 27.8. The first-order valence-electron chi connectivity index (χ1n) is 19.1. The molecule has 266 valence electrons. The Hall–Kier alpha value is -7.42. The maximum Gasteiger partial charge on any atom is 0.0468 e. The number of anilines is 6. The molecule has 9 rings (SSSR count). The van der Waals surface area contributed by atoms with Gasteiger partial charge in [0, 0.05) is 34.1 Å². The monoisotopic (exact) mass is 716 g/mol. The average Bonchev–Trinajstić information content (AvgIpc) is 3.28. The number of para-hydroxylation sites is 4. The van der Waals surface area contributed by atoms with E-state index in [4.69, 9.17) is 0 Å². The number of benzene rings is 9. The van der Waals surface area contributed by atoms with E-state index in [0.717, 1.165) is 50.8 Å². The van der Waals surface area contributed by atoms with Crippen LogP contribution >= 0.6 is 0 Å². The smallest absolute Gasteiger partial charge is 0.0468 e. The van der Waals surface area contributed by atoms with E-state index >= 15 is 0 Å². The fraction of sp³-hybridized carbons (Fsp3) is 0. The van der Waals surface area contributed by atoms with Gasteiger partial charge in [0.25, 0.3) is 0 Å². The lowest BCUT2D eigenvalue weighted by Gasteiger charge is -2.25. The highest BCUT2D eigenvalue weighted by molar-refractivity contribution is 5.96. The van der Waals surface area contributed by atoms with Gasteiger partial charge in [-0.05, 0) is 135 Å². The first-order valence-corrected chi connectivity index (χ1v) is 19.1. The third kappa shape index (κ3) is 7.37. The zero-order valence-corrected chi connectivity index (χ0v) is 31.0. The Bertz CT molecular complexity index is 2630. The van der Waals surface area contributed by atoms with Crippen molar-refractivity contribution in [3.8, 4) is 11.1 Å². The minimum absolute atomic E-state index is 1.10. The Kier molecular flexibility index (Phi) is 9.75. The van der Waals surface area contributed by atoms with Crippen molar-refractivity contribution >= 4 is 56.5 Å². The van der Waals surface area contributed by atoms with Crippen molar-refractivity contribution in [1.29, 1.82) is 0 Å². The molecule has 0 fully saturated rings. The molecule has 0 radical (unpaired) electrons. The number of fused-ring (bicyclic) bond motifs is 1. The third-order valence-corrected chi connectivity index (χ3v) is 10.2. The lowest BCUT2D eigenvalue weighted by Crippen LogP contribution is -2.09. The molecule has 0 bridgehead atoms. The molecule has 0 spiro atoms. The summed E-state index contributed by atoms with van der Waals surface area (Å²) < 4.78 is 0. The molecular weight excluding hydrogens is 677 g/mol. The lowest BCUT2D eigenvalue weighted by molar-refractivity contribution is 1.28. The van der Waals surface area contributed by atoms with Gasteiger partial charge in [-0.2, -0.15) is 0 Å². The SMILES string of the molecule is C(=C(\c1ccc(N(c2ccccc2)c2ccccc2)cc1)c1cccc(-c2ccccc2)c1)/c1ccc2cc(N(c3ccccc3)c3ccccc3)ccc2c1. The van der Waals surface area contributed by atoms with Crippen LogP contribution in [-0.4, -0.2) is 0 Å². The summed E-state index contributed by atoms with van der Waals surface area (Å²) in [4.78, 5) is 4.61. The van der Waals surface area contributed by atoms with Crippen molar-refractivity contribution in [2.45, 2.75) is 0 Å². The maximum absolute atomic E-state index is 2.33. The van der Waals surface area contributed by atoms with Crippen molar-refractivity contribution in [3.63, 3.8) is 0 Å². The summed E-state index contributed by atoms with van der Waals surface area (Å²) in [7, 11) is 0. The van der Waals surface area contributed by atoms with E-state index in [1.165, 1.54) is 27.5 Å². The largest absolute Gasteiger partial charge is 0.311 e. The van der Waals surface area contributed by atoms with E-state index in [2.05, 4.69) is 252 Å². The molecule has 0 aliphatic heterocycles. The molecule has 56 heavy (non-hydrogen) atoms. The van der Waals surface area contributed by atoms with E-state index in [-0.39, 0.29) is 0 Å². The molecule has 9 aromatic rings. The van der Waals surface area contributed by atoms with Crippen molar-refractivity contribution in [2.24, 2.45) is 0 Å². The van der Waals surface area contributed by atoms with E-state index in [1.54, 1.807) is 0 Å². The molecule has 0 N–H and O–H groups in total. The fourth-order valence-electron chi connectivity index (χ4n) is 7.47. The van der Waals surface area contributed by atoms with E-state index in [0.29, 0.717) is 0 Å². The molecule has 0 heterocycles. The van der Waals surface area contributed by atoms with Gasteiger partial charge in [-0.25, -0.2) is 0 Å². The molecular formula is C54H40N2. The maximum atomic E-state index is 2.33. The Morgan fingerprint density at radius 3 is 1.27 bits per heavy atom. The molecule has 0 aromatic heterocycles. The third-order valence-electron chi connectivity index (χ3n) is 10.2. The van der Waals surface area contributed by atoms with Crippen LogP contribution in [0.1, 0.15) is 16.7 Å². The molecule has 0 aliphatic carbocycles. The van der Waals surface area contributed by atoms with Crippen LogP contribution in [0.4, 0.5) is 34.1 Å². The summed E-state index contributed by atoms with van der Waals surface area (Å²) in [5, 5.41) is 2.38. The van der Waals surface area contributed by atoms with Crippen LogP contribution in [0.5, 0.6) is 0 Å². The highest BCUT2D eigenvalue weighted by Crippen LogP contribution is 2.38. The van der Waals surface area contributed by atoms with Gasteiger partial charge in [-0.3, -0.25) is 0 Å². The van der Waals surface area contributed by atoms with Crippen molar-refractivity contribution < 1.29 is 0 Å². The highest BCUT2D eigenvalue weighted by atomic mass is 15.1. The van der Waals surface area contributed by atoms with Crippen LogP contribution in [0.15, 0.2) is 237 Å². The summed E-state index contributed by atoms with van der Waals surface area (Å²) >= 11 is 0. The molecule has 2 heteroatoms. The first kappa shape index (κ1) is 34.4. The number of rotatable bonds is 10. The number of nitrogens with zero attached hydrogens (tertiary/aromatic N) is 2. The van der Waals surface area contributed by atoms with E-state index < -0.39 is 0 Å². The molecule has 0 saturated heterocycles. The van der Waals surface area contributed by atoms with Crippen LogP contribution in [0.2, 0.25) is 0 Å². The minimum Gasteiger partial charge on any atom is -0.311 e. The predicted octanol–water partition coefficient (Wildman–Crippen LogP) is 15.0. The normalized spacial score (nSPS) is 11.3. The van der Waals surface area contributed by atoms with Gasteiger partial charge in [-0.15, -0.1) is 0 Å². The summed E-state index contributed by atoms with van der Waals surface area (Å²) in [5.74, 6) is 0. The minimum atomic E-state index is 1.10. The van der Waals surface area contributed by atoms with Crippen LogP contribution in [0, 0.1) is 0 Å². The molecule has 0 unspecified atom stereocenters. The van der Waals surface area contributed by atoms with Crippen molar-refractivity contribution in [3.05, 3.63) is 253 Å². The number of hydrogen-bond acceptors (Lipinski definition) is 2. The van der Waals surface area contributed by atoms with Crippen LogP contribution < -0.4 is 9.80 Å². The quantitative estimate of drug-likeness (QED) is 0.130. The summed E-state index contributed by atoms with van der Waals surface area (Å²) in [6, 6.07) is 84.3. The van der Waals surface area contributed by atoms with E-state index in [9.17, 15) is 0 Å². The highest BCUT2D eigenvalue weighted by Gasteiger charge is 2.15. The Balaban J connectivity index is 1.12. The molecule has 9 aromatic carbocycles.